The molecule has 0 heterocycles. The molecule has 10 heteroatoms. The lowest BCUT2D eigenvalue weighted by molar-refractivity contribution is -0.159. The van der Waals surface area contributed by atoms with Crippen LogP contribution in [0.4, 0.5) is 0 Å². The molecule has 3 aliphatic carbocycles. The normalized spacial score (nSPS) is 34.4. The van der Waals surface area contributed by atoms with Crippen molar-refractivity contribution in [2.24, 2.45) is 17.6 Å². The van der Waals surface area contributed by atoms with Crippen molar-refractivity contribution in [1.82, 2.24) is 4.90 Å². The van der Waals surface area contributed by atoms with Gasteiger partial charge in [0, 0.05) is 17.4 Å². The number of ketones is 2. The number of nitrogens with two attached hydrogens (primary N) is 1. The van der Waals surface area contributed by atoms with Crippen LogP contribution >= 0.6 is 0 Å². The fourth-order valence-electron chi connectivity index (χ4n) is 5.50. The van der Waals surface area contributed by atoms with Gasteiger partial charge in [-0.2, -0.15) is 0 Å². The summed E-state index contributed by atoms with van der Waals surface area (Å²) >= 11 is 0. The maximum atomic E-state index is 13.7. The molecule has 0 aromatic heterocycles. The van der Waals surface area contributed by atoms with Crippen LogP contribution in [0.3, 0.4) is 0 Å². The molecule has 10 nitrogen and oxygen atoms in total. The first-order valence-corrected chi connectivity index (χ1v) is 9.97. The number of carbonyl (C=O) groups excluding carboxylic acids is 3. The highest BCUT2D eigenvalue weighted by Gasteiger charge is 2.66. The first kappa shape index (κ1) is 22.0. The number of likely N-dealkylation sites (N-methyl/N-ethyl adjacent to an activating group) is 1. The molecule has 1 saturated carbocycles. The van der Waals surface area contributed by atoms with Gasteiger partial charge in [-0.05, 0) is 39.1 Å². The van der Waals surface area contributed by atoms with Gasteiger partial charge in [-0.15, -0.1) is 0 Å². The van der Waals surface area contributed by atoms with E-state index in [1.165, 1.54) is 44.1 Å². The van der Waals surface area contributed by atoms with Crippen molar-refractivity contribution in [1.29, 1.82) is 0 Å². The number of carbonyl (C=O) groups is 3. The Bertz CT molecular complexity index is 1150. The summed E-state index contributed by atoms with van der Waals surface area (Å²) in [5.74, 6) is -7.90. The van der Waals surface area contributed by atoms with E-state index in [1.807, 2.05) is 0 Å². The minimum atomic E-state index is -2.75. The van der Waals surface area contributed by atoms with Gasteiger partial charge in [-0.3, -0.25) is 19.3 Å². The number of aliphatic hydroxyl groups excluding tert-OH is 2. The van der Waals surface area contributed by atoms with E-state index < -0.39 is 75.0 Å². The smallest absolute Gasteiger partial charge is 0.255 e. The van der Waals surface area contributed by atoms with Gasteiger partial charge in [0.1, 0.15) is 22.8 Å². The maximum absolute atomic E-state index is 13.7. The van der Waals surface area contributed by atoms with Crippen LogP contribution in [-0.2, 0) is 20.0 Å². The maximum Gasteiger partial charge on any atom is 0.255 e. The van der Waals surface area contributed by atoms with E-state index in [0.717, 1.165) is 0 Å². The van der Waals surface area contributed by atoms with Crippen LogP contribution in [0.2, 0.25) is 0 Å². The molecule has 1 fully saturated rings. The minimum Gasteiger partial charge on any atom is -0.508 e. The van der Waals surface area contributed by atoms with Crippen molar-refractivity contribution in [3.05, 3.63) is 46.2 Å². The molecule has 1 aromatic carbocycles. The molecule has 0 bridgehead atoms. The highest BCUT2D eigenvalue weighted by molar-refractivity contribution is 6.24. The van der Waals surface area contributed by atoms with E-state index >= 15 is 0 Å². The van der Waals surface area contributed by atoms with E-state index in [9.17, 15) is 39.9 Å². The summed E-state index contributed by atoms with van der Waals surface area (Å²) < 4.78 is 0. The number of hydrogen-bond donors (Lipinski definition) is 6. The molecular formula is C22H24N2O8. The molecule has 0 unspecified atom stereocenters. The van der Waals surface area contributed by atoms with Gasteiger partial charge in [0.15, 0.2) is 11.4 Å². The molecule has 5 atom stereocenters. The molecule has 4 rings (SSSR count). The molecule has 0 spiro atoms. The van der Waals surface area contributed by atoms with E-state index in [1.54, 1.807) is 0 Å². The lowest BCUT2D eigenvalue weighted by Gasteiger charge is -2.53. The van der Waals surface area contributed by atoms with Crippen LogP contribution in [0, 0.1) is 11.8 Å². The van der Waals surface area contributed by atoms with Crippen molar-refractivity contribution in [3.63, 3.8) is 0 Å². The topological polar surface area (TPSA) is 182 Å². The third kappa shape index (κ3) is 2.48. The number of nitrogens with zero attached hydrogens (tertiary/aromatic N) is 1. The third-order valence-electron chi connectivity index (χ3n) is 7.02. The Morgan fingerprint density at radius 1 is 1.16 bits per heavy atom. The number of aromatic hydroxyl groups is 1. The lowest BCUT2D eigenvalue weighted by atomic mass is 9.54. The molecule has 32 heavy (non-hydrogen) atoms. The molecule has 1 aromatic rings. The van der Waals surface area contributed by atoms with Gasteiger partial charge in [0.25, 0.3) is 5.91 Å². The van der Waals surface area contributed by atoms with Gasteiger partial charge in [0.05, 0.1) is 17.2 Å². The number of phenols is 1. The Labute approximate surface area is 182 Å². The monoisotopic (exact) mass is 444 g/mol. The molecule has 1 amide bonds. The number of phenolic OH excluding ortho intramolecular Hbond substituents is 1. The largest absolute Gasteiger partial charge is 0.508 e. The second-order valence-electron chi connectivity index (χ2n) is 8.96. The Kier molecular flexibility index (Phi) is 4.57. The average molecular weight is 444 g/mol. The van der Waals surface area contributed by atoms with Gasteiger partial charge in [-0.1, -0.05) is 12.1 Å². The Balaban J connectivity index is 2.05. The Hall–Kier alpha value is -3.21. The van der Waals surface area contributed by atoms with Crippen LogP contribution in [0.1, 0.15) is 24.5 Å². The number of benzene rings is 1. The van der Waals surface area contributed by atoms with E-state index in [-0.39, 0.29) is 17.5 Å². The van der Waals surface area contributed by atoms with Crippen LogP contribution in [0.25, 0.3) is 5.76 Å². The fourth-order valence-corrected chi connectivity index (χ4v) is 5.50. The van der Waals surface area contributed by atoms with Crippen LogP contribution in [0.15, 0.2) is 35.1 Å². The molecule has 3 aliphatic rings. The zero-order chi connectivity index (χ0) is 23.9. The van der Waals surface area contributed by atoms with Crippen molar-refractivity contribution < 1.29 is 39.9 Å². The second kappa shape index (κ2) is 6.64. The SMILES string of the molecule is CN(C)[C@H]1C(=O)C(C(N)=O)=C(O)[C@]2(O)C(=O)C3=C(O)c4c(O)cccc4[C@](C)(O)[C@H]3C[C@@H]12. The van der Waals surface area contributed by atoms with E-state index in [4.69, 9.17) is 5.73 Å². The zero-order valence-corrected chi connectivity index (χ0v) is 17.7. The lowest BCUT2D eigenvalue weighted by Crippen LogP contribution is -2.67. The standard InChI is InChI=1S/C22H24N2O8/c1-21(31)8-5-4-6-11(25)12(8)16(26)13-9(21)7-10-15(24(2)3)17(27)14(20(23)30)19(29)22(10,32)18(13)28/h4-6,9-10,15,25-26,29,31-32H,7H2,1-3H3,(H2,23,30)/t9-,10-,15+,21-,22+/m0/s1. The fraction of sp³-hybridized carbons (Fsp3) is 0.409. The second-order valence-corrected chi connectivity index (χ2v) is 8.96. The number of amides is 1. The molecule has 0 radical (unpaired) electrons. The van der Waals surface area contributed by atoms with Crippen LogP contribution in [0.5, 0.6) is 5.75 Å². The summed E-state index contributed by atoms with van der Waals surface area (Å²) in [5, 5.41) is 54.9. The van der Waals surface area contributed by atoms with Gasteiger partial charge in [0.2, 0.25) is 5.78 Å². The highest BCUT2D eigenvalue weighted by Crippen LogP contribution is 2.57. The van der Waals surface area contributed by atoms with Crippen molar-refractivity contribution in [2.45, 2.75) is 30.6 Å². The van der Waals surface area contributed by atoms with Gasteiger partial charge in [-0.25, -0.2) is 0 Å². The summed E-state index contributed by atoms with van der Waals surface area (Å²) in [6.45, 7) is 1.40. The Morgan fingerprint density at radius 2 is 1.78 bits per heavy atom. The third-order valence-corrected chi connectivity index (χ3v) is 7.02. The molecule has 0 aliphatic heterocycles. The summed E-state index contributed by atoms with van der Waals surface area (Å²) in [5.41, 5.74) is -0.548. The number of Topliss-reactive ketones (excluding diaryl/α,β-unsaturated/α-hetero) is 2. The predicted molar refractivity (Wildman–Crippen MR) is 110 cm³/mol. The number of fused-ring (bicyclic) bond motifs is 3. The molecular weight excluding hydrogens is 420 g/mol. The number of aliphatic hydroxyl groups is 4. The molecule has 7 N–H and O–H groups in total. The van der Waals surface area contributed by atoms with Crippen molar-refractivity contribution in [3.8, 4) is 5.75 Å². The summed E-state index contributed by atoms with van der Waals surface area (Å²) in [6.07, 6.45) is -0.200. The number of rotatable bonds is 2. The molecule has 0 saturated heterocycles. The molecule has 170 valence electrons. The zero-order valence-electron chi connectivity index (χ0n) is 17.7. The quantitative estimate of drug-likeness (QED) is 0.332. The summed E-state index contributed by atoms with van der Waals surface area (Å²) in [7, 11) is 3.01. The summed E-state index contributed by atoms with van der Waals surface area (Å²) in [4.78, 5) is 40.0. The summed E-state index contributed by atoms with van der Waals surface area (Å²) in [6, 6.07) is 3.02. The van der Waals surface area contributed by atoms with Crippen LogP contribution < -0.4 is 5.73 Å². The van der Waals surface area contributed by atoms with Crippen molar-refractivity contribution >= 4 is 23.2 Å². The predicted octanol–water partition coefficient (Wildman–Crippen LogP) is -0.371. The van der Waals surface area contributed by atoms with Crippen LogP contribution in [-0.4, -0.2) is 73.6 Å². The number of primary amides is 1. The minimum absolute atomic E-state index is 0.170. The van der Waals surface area contributed by atoms with E-state index in [0.29, 0.717) is 0 Å². The first-order valence-electron chi connectivity index (χ1n) is 9.97. The van der Waals surface area contributed by atoms with Gasteiger partial charge >= 0.3 is 0 Å². The first-order chi connectivity index (χ1) is 14.8. The average Bonchev–Trinajstić information content (AvgIpc) is 2.68. The number of hydrogen-bond acceptors (Lipinski definition) is 9. The highest BCUT2D eigenvalue weighted by atomic mass is 16.3. The van der Waals surface area contributed by atoms with Crippen molar-refractivity contribution in [2.75, 3.05) is 14.1 Å². The van der Waals surface area contributed by atoms with E-state index in [2.05, 4.69) is 0 Å². The van der Waals surface area contributed by atoms with Gasteiger partial charge < -0.3 is 31.3 Å². The Morgan fingerprint density at radius 3 is 2.34 bits per heavy atom.